The zero-order valence-electron chi connectivity index (χ0n) is 13.9. The van der Waals surface area contributed by atoms with Crippen molar-refractivity contribution < 1.29 is 27.1 Å². The first-order valence-electron chi connectivity index (χ1n) is 8.36. The second-order valence-corrected chi connectivity index (χ2v) is 6.29. The Morgan fingerprint density at radius 2 is 2.12 bits per heavy atom. The van der Waals surface area contributed by atoms with Crippen molar-refractivity contribution in [1.82, 2.24) is 14.9 Å². The summed E-state index contributed by atoms with van der Waals surface area (Å²) in [6, 6.07) is 7.12. The van der Waals surface area contributed by atoms with E-state index in [-0.39, 0.29) is 6.04 Å². The van der Waals surface area contributed by atoms with Crippen LogP contribution in [0.3, 0.4) is 0 Å². The number of halogens is 4. The number of carbonyl (C=O) groups excluding carboxylic acids is 1. The summed E-state index contributed by atoms with van der Waals surface area (Å²) in [5.41, 5.74) is 1.61. The number of piperidine rings is 1. The average Bonchev–Trinajstić information content (AvgIpc) is 3.05. The number of likely N-dealkylation sites (tertiary alicyclic amines) is 1. The van der Waals surface area contributed by atoms with E-state index in [0.717, 1.165) is 23.9 Å². The molecule has 1 amide bonds. The molecular formula is C17H19F4N3O2. The van der Waals surface area contributed by atoms with Gasteiger partial charge in [0.05, 0.1) is 17.1 Å². The monoisotopic (exact) mass is 373 g/mol. The SMILES string of the molecule is O=C(COCC(F)(F)C(F)F)N1CCCC[C@@H]1c1nc2ccccc2[nH]1. The van der Waals surface area contributed by atoms with Crippen LogP contribution in [0.15, 0.2) is 24.3 Å². The van der Waals surface area contributed by atoms with E-state index in [2.05, 4.69) is 14.7 Å². The summed E-state index contributed by atoms with van der Waals surface area (Å²) < 4.78 is 54.6. The van der Waals surface area contributed by atoms with Gasteiger partial charge in [-0.05, 0) is 31.4 Å². The first-order chi connectivity index (χ1) is 12.4. The van der Waals surface area contributed by atoms with E-state index in [1.54, 1.807) is 0 Å². The van der Waals surface area contributed by atoms with Crippen LogP contribution in [0, 0.1) is 0 Å². The molecule has 1 aliphatic rings. The third-order valence-corrected chi connectivity index (χ3v) is 4.39. The predicted molar refractivity (Wildman–Crippen MR) is 86.2 cm³/mol. The zero-order chi connectivity index (χ0) is 18.7. The standard InChI is InChI=1S/C17H19F4N3O2/c18-16(19)17(20,21)10-26-9-14(25)24-8-4-3-7-13(24)15-22-11-5-1-2-6-12(11)23-15/h1-2,5-6,13,16H,3-4,7-10H2,(H,22,23)/t13-/m1/s1. The van der Waals surface area contributed by atoms with Crippen LogP contribution in [-0.2, 0) is 9.53 Å². The van der Waals surface area contributed by atoms with Gasteiger partial charge in [0.15, 0.2) is 0 Å². The lowest BCUT2D eigenvalue weighted by atomic mass is 10.0. The minimum Gasteiger partial charge on any atom is -0.365 e. The predicted octanol–water partition coefficient (Wildman–Crippen LogP) is 3.53. The fourth-order valence-electron chi connectivity index (χ4n) is 3.07. The highest BCUT2D eigenvalue weighted by Crippen LogP contribution is 2.30. The van der Waals surface area contributed by atoms with Gasteiger partial charge in [0, 0.05) is 6.54 Å². The number of imidazole rings is 1. The molecule has 0 bridgehead atoms. The van der Waals surface area contributed by atoms with Gasteiger partial charge in [0.25, 0.3) is 0 Å². The number of benzene rings is 1. The molecule has 0 spiro atoms. The van der Waals surface area contributed by atoms with Gasteiger partial charge in [-0.1, -0.05) is 12.1 Å². The molecule has 142 valence electrons. The molecule has 1 aromatic carbocycles. The molecule has 0 saturated carbocycles. The van der Waals surface area contributed by atoms with Crippen LogP contribution in [0.1, 0.15) is 31.1 Å². The number of aromatic amines is 1. The molecule has 0 unspecified atom stereocenters. The Morgan fingerprint density at radius 1 is 1.35 bits per heavy atom. The molecule has 0 aliphatic carbocycles. The number of nitrogens with one attached hydrogen (secondary N) is 1. The second kappa shape index (κ2) is 7.61. The normalized spacial score (nSPS) is 18.7. The van der Waals surface area contributed by atoms with Gasteiger partial charge in [0.2, 0.25) is 5.91 Å². The summed E-state index contributed by atoms with van der Waals surface area (Å²) in [5.74, 6) is -4.15. The quantitative estimate of drug-likeness (QED) is 0.788. The summed E-state index contributed by atoms with van der Waals surface area (Å²) in [5, 5.41) is 0. The van der Waals surface area contributed by atoms with Gasteiger partial charge in [-0.2, -0.15) is 8.78 Å². The average molecular weight is 373 g/mol. The number of fused-ring (bicyclic) bond motifs is 1. The number of hydrogen-bond acceptors (Lipinski definition) is 3. The largest absolute Gasteiger partial charge is 0.365 e. The van der Waals surface area contributed by atoms with Gasteiger partial charge in [0.1, 0.15) is 19.0 Å². The molecule has 1 aliphatic heterocycles. The van der Waals surface area contributed by atoms with Gasteiger partial charge in [-0.3, -0.25) is 4.79 Å². The topological polar surface area (TPSA) is 58.2 Å². The number of alkyl halides is 4. The van der Waals surface area contributed by atoms with E-state index in [1.807, 2.05) is 24.3 Å². The van der Waals surface area contributed by atoms with Crippen molar-refractivity contribution in [2.45, 2.75) is 37.7 Å². The van der Waals surface area contributed by atoms with E-state index in [0.29, 0.717) is 18.8 Å². The third kappa shape index (κ3) is 3.98. The maximum Gasteiger partial charge on any atom is 0.330 e. The highest BCUT2D eigenvalue weighted by molar-refractivity contribution is 5.78. The number of H-pyrrole nitrogens is 1. The minimum absolute atomic E-state index is 0.317. The molecule has 1 saturated heterocycles. The highest BCUT2D eigenvalue weighted by Gasteiger charge is 2.41. The number of ether oxygens (including phenoxy) is 1. The molecule has 2 heterocycles. The molecule has 1 aromatic heterocycles. The summed E-state index contributed by atoms with van der Waals surface area (Å²) in [6.45, 7) is -1.71. The van der Waals surface area contributed by atoms with Crippen LogP contribution in [0.4, 0.5) is 17.6 Å². The molecule has 1 N–H and O–H groups in total. The van der Waals surface area contributed by atoms with Crippen molar-refractivity contribution in [2.75, 3.05) is 19.8 Å². The summed E-state index contributed by atoms with van der Waals surface area (Å²) in [6.07, 6.45) is -1.47. The Hall–Kier alpha value is -2.16. The van der Waals surface area contributed by atoms with E-state index in [9.17, 15) is 22.4 Å². The molecule has 5 nitrogen and oxygen atoms in total. The Labute approximate surface area is 147 Å². The molecule has 1 fully saturated rings. The van der Waals surface area contributed by atoms with E-state index < -0.39 is 31.5 Å². The number of hydrogen-bond donors (Lipinski definition) is 1. The van der Waals surface area contributed by atoms with Crippen LogP contribution >= 0.6 is 0 Å². The number of para-hydroxylation sites is 2. The number of carbonyl (C=O) groups is 1. The van der Waals surface area contributed by atoms with E-state index in [4.69, 9.17) is 0 Å². The lowest BCUT2D eigenvalue weighted by molar-refractivity contribution is -0.172. The van der Waals surface area contributed by atoms with Crippen molar-refractivity contribution in [3.8, 4) is 0 Å². The third-order valence-electron chi connectivity index (χ3n) is 4.39. The fraction of sp³-hybridized carbons (Fsp3) is 0.529. The molecule has 26 heavy (non-hydrogen) atoms. The molecule has 0 radical (unpaired) electrons. The molecular weight excluding hydrogens is 354 g/mol. The van der Waals surface area contributed by atoms with Crippen LogP contribution < -0.4 is 0 Å². The van der Waals surface area contributed by atoms with Gasteiger partial charge < -0.3 is 14.6 Å². The number of amides is 1. The van der Waals surface area contributed by atoms with Crippen molar-refractivity contribution in [3.63, 3.8) is 0 Å². The lowest BCUT2D eigenvalue weighted by Gasteiger charge is -2.34. The van der Waals surface area contributed by atoms with Gasteiger partial charge in [-0.15, -0.1) is 0 Å². The van der Waals surface area contributed by atoms with Crippen molar-refractivity contribution >= 4 is 16.9 Å². The lowest BCUT2D eigenvalue weighted by Crippen LogP contribution is -2.42. The summed E-state index contributed by atoms with van der Waals surface area (Å²) in [7, 11) is 0. The number of rotatable bonds is 6. The Balaban J connectivity index is 1.67. The first kappa shape index (κ1) is 18.6. The maximum absolute atomic E-state index is 12.9. The van der Waals surface area contributed by atoms with E-state index in [1.165, 1.54) is 4.90 Å². The van der Waals surface area contributed by atoms with Crippen molar-refractivity contribution in [3.05, 3.63) is 30.1 Å². The fourth-order valence-corrected chi connectivity index (χ4v) is 3.07. The Bertz CT molecular complexity index is 732. The van der Waals surface area contributed by atoms with Gasteiger partial charge in [-0.25, -0.2) is 13.8 Å². The minimum atomic E-state index is -4.26. The Kier molecular flexibility index (Phi) is 5.45. The summed E-state index contributed by atoms with van der Waals surface area (Å²) in [4.78, 5) is 21.6. The van der Waals surface area contributed by atoms with Crippen LogP contribution in [-0.4, -0.2) is 52.9 Å². The van der Waals surface area contributed by atoms with Gasteiger partial charge >= 0.3 is 12.3 Å². The molecule has 2 aromatic rings. The second-order valence-electron chi connectivity index (χ2n) is 6.29. The van der Waals surface area contributed by atoms with Crippen molar-refractivity contribution in [2.24, 2.45) is 0 Å². The molecule has 1 atom stereocenters. The highest BCUT2D eigenvalue weighted by atomic mass is 19.3. The number of nitrogens with zero attached hydrogens (tertiary/aromatic N) is 2. The Morgan fingerprint density at radius 3 is 2.85 bits per heavy atom. The van der Waals surface area contributed by atoms with Crippen LogP contribution in [0.25, 0.3) is 11.0 Å². The van der Waals surface area contributed by atoms with Crippen molar-refractivity contribution in [1.29, 1.82) is 0 Å². The first-order valence-corrected chi connectivity index (χ1v) is 8.36. The molecule has 9 heteroatoms. The summed E-state index contributed by atoms with van der Waals surface area (Å²) >= 11 is 0. The van der Waals surface area contributed by atoms with E-state index >= 15 is 0 Å². The zero-order valence-corrected chi connectivity index (χ0v) is 13.9. The maximum atomic E-state index is 12.9. The molecule has 3 rings (SSSR count). The smallest absolute Gasteiger partial charge is 0.330 e. The van der Waals surface area contributed by atoms with Crippen LogP contribution in [0.2, 0.25) is 0 Å². The number of aromatic nitrogens is 2. The van der Waals surface area contributed by atoms with Crippen LogP contribution in [0.5, 0.6) is 0 Å².